The van der Waals surface area contributed by atoms with Crippen LogP contribution in [0.1, 0.15) is 5.56 Å². The van der Waals surface area contributed by atoms with Crippen molar-refractivity contribution in [2.75, 3.05) is 7.11 Å². The van der Waals surface area contributed by atoms with Crippen molar-refractivity contribution < 1.29 is 9.15 Å². The minimum atomic E-state index is -0.164. The third-order valence-corrected chi connectivity index (χ3v) is 3.72. The van der Waals surface area contributed by atoms with Crippen molar-refractivity contribution in [2.24, 2.45) is 0 Å². The Morgan fingerprint density at radius 2 is 2.04 bits per heavy atom. The van der Waals surface area contributed by atoms with E-state index >= 15 is 0 Å². The van der Waals surface area contributed by atoms with Crippen LogP contribution in [0, 0.1) is 0 Å². The van der Waals surface area contributed by atoms with Crippen molar-refractivity contribution in [1.29, 1.82) is 0 Å². The van der Waals surface area contributed by atoms with Gasteiger partial charge in [-0.05, 0) is 29.8 Å². The van der Waals surface area contributed by atoms with Crippen LogP contribution in [-0.2, 0) is 6.54 Å². The van der Waals surface area contributed by atoms with Gasteiger partial charge in [0.25, 0.3) is 0 Å². The Bertz CT molecular complexity index is 1050. The quantitative estimate of drug-likeness (QED) is 0.582. The summed E-state index contributed by atoms with van der Waals surface area (Å²) in [5, 5.41) is 4.72. The first kappa shape index (κ1) is 13.5. The first-order chi connectivity index (χ1) is 11.3. The van der Waals surface area contributed by atoms with Gasteiger partial charge in [0.1, 0.15) is 11.1 Å². The maximum absolute atomic E-state index is 12.4. The van der Waals surface area contributed by atoms with Gasteiger partial charge in [0.2, 0.25) is 11.1 Å². The topological polar surface area (TPSA) is 70.2 Å². The Balaban J connectivity index is 1.82. The van der Waals surface area contributed by atoms with E-state index in [1.165, 1.54) is 6.20 Å². The fraction of sp³-hybridized carbons (Fsp3) is 0.118. The molecule has 4 aromatic rings. The van der Waals surface area contributed by atoms with Crippen molar-refractivity contribution in [2.45, 2.75) is 6.54 Å². The lowest BCUT2D eigenvalue weighted by Gasteiger charge is -2.05. The number of pyridine rings is 1. The van der Waals surface area contributed by atoms with Crippen molar-refractivity contribution in [3.63, 3.8) is 0 Å². The fourth-order valence-corrected chi connectivity index (χ4v) is 2.53. The summed E-state index contributed by atoms with van der Waals surface area (Å²) in [5.74, 6) is 0.794. The van der Waals surface area contributed by atoms with Crippen LogP contribution in [0.4, 0.5) is 0 Å². The van der Waals surface area contributed by atoms with Gasteiger partial charge < -0.3 is 9.15 Å². The van der Waals surface area contributed by atoms with Crippen molar-refractivity contribution >= 4 is 22.2 Å². The lowest BCUT2D eigenvalue weighted by molar-refractivity contribution is 0.414. The molecule has 0 aliphatic heterocycles. The average Bonchev–Trinajstić information content (AvgIpc) is 2.99. The molecule has 0 spiro atoms. The third kappa shape index (κ3) is 2.24. The van der Waals surface area contributed by atoms with Crippen LogP contribution in [0.3, 0.4) is 0 Å². The Morgan fingerprint density at radius 3 is 2.83 bits per heavy atom. The molecule has 0 radical (unpaired) electrons. The van der Waals surface area contributed by atoms with E-state index in [4.69, 9.17) is 9.15 Å². The van der Waals surface area contributed by atoms with E-state index in [2.05, 4.69) is 10.1 Å². The van der Waals surface area contributed by atoms with Crippen LogP contribution in [0.5, 0.6) is 5.75 Å². The normalized spacial score (nSPS) is 11.2. The lowest BCUT2D eigenvalue weighted by atomic mass is 10.2. The van der Waals surface area contributed by atoms with Gasteiger partial charge in [0.05, 0.1) is 19.9 Å². The number of aromatic nitrogens is 3. The van der Waals surface area contributed by atoms with Crippen LogP contribution >= 0.6 is 0 Å². The molecule has 0 aliphatic carbocycles. The van der Waals surface area contributed by atoms with E-state index in [0.717, 1.165) is 11.3 Å². The molecule has 3 heterocycles. The Morgan fingerprint density at radius 1 is 1.22 bits per heavy atom. The van der Waals surface area contributed by atoms with Gasteiger partial charge in [-0.2, -0.15) is 5.10 Å². The molecule has 0 atom stereocenters. The van der Waals surface area contributed by atoms with E-state index in [0.29, 0.717) is 28.7 Å². The monoisotopic (exact) mass is 307 g/mol. The summed E-state index contributed by atoms with van der Waals surface area (Å²) < 4.78 is 12.6. The summed E-state index contributed by atoms with van der Waals surface area (Å²) in [5.41, 5.74) is 2.10. The Kier molecular flexibility index (Phi) is 3.08. The molecule has 23 heavy (non-hydrogen) atoms. The van der Waals surface area contributed by atoms with E-state index in [9.17, 15) is 4.79 Å². The molecule has 114 valence electrons. The van der Waals surface area contributed by atoms with Gasteiger partial charge in [-0.25, -0.2) is 9.67 Å². The zero-order valence-corrected chi connectivity index (χ0v) is 12.4. The lowest BCUT2D eigenvalue weighted by Crippen LogP contribution is -2.05. The summed E-state index contributed by atoms with van der Waals surface area (Å²) in [6.45, 7) is 0.502. The largest absolute Gasteiger partial charge is 0.497 e. The summed E-state index contributed by atoms with van der Waals surface area (Å²) in [4.78, 5) is 16.5. The number of methoxy groups -OCH3 is 1. The third-order valence-electron chi connectivity index (χ3n) is 3.72. The maximum Gasteiger partial charge on any atom is 0.229 e. The molecule has 0 bridgehead atoms. The molecule has 0 unspecified atom stereocenters. The predicted octanol–water partition coefficient (Wildman–Crippen LogP) is 2.59. The fourth-order valence-electron chi connectivity index (χ4n) is 2.53. The zero-order chi connectivity index (χ0) is 15.8. The Hall–Kier alpha value is -3.15. The molecule has 1 aromatic carbocycles. The van der Waals surface area contributed by atoms with Crippen LogP contribution in [0.25, 0.3) is 22.2 Å². The molecule has 6 nitrogen and oxygen atoms in total. The minimum absolute atomic E-state index is 0.164. The number of rotatable bonds is 3. The molecule has 0 amide bonds. The maximum atomic E-state index is 12.4. The van der Waals surface area contributed by atoms with Gasteiger partial charge in [0, 0.05) is 6.20 Å². The molecule has 0 saturated carbocycles. The highest BCUT2D eigenvalue weighted by molar-refractivity contribution is 5.85. The number of fused-ring (bicyclic) bond motifs is 2. The molecule has 0 N–H and O–H groups in total. The smallest absolute Gasteiger partial charge is 0.229 e. The molecule has 0 aliphatic rings. The first-order valence-corrected chi connectivity index (χ1v) is 7.12. The zero-order valence-electron chi connectivity index (χ0n) is 12.4. The van der Waals surface area contributed by atoms with Gasteiger partial charge >= 0.3 is 0 Å². The highest BCUT2D eigenvalue weighted by Crippen LogP contribution is 2.18. The van der Waals surface area contributed by atoms with Gasteiger partial charge in [-0.15, -0.1) is 0 Å². The molecule has 0 fully saturated rings. The standard InChI is InChI=1S/C17H13N3O3/c1-22-12-6-4-11(5-7-12)10-20-17-13(9-19-20)16(21)15-14(23-17)3-2-8-18-15/h2-9H,10H2,1H3. The highest BCUT2D eigenvalue weighted by atomic mass is 16.5. The second-order valence-corrected chi connectivity index (χ2v) is 5.15. The van der Waals surface area contributed by atoms with Crippen LogP contribution in [-0.4, -0.2) is 21.9 Å². The number of nitrogens with zero attached hydrogens (tertiary/aromatic N) is 3. The van der Waals surface area contributed by atoms with E-state index < -0.39 is 0 Å². The van der Waals surface area contributed by atoms with Gasteiger partial charge in [-0.3, -0.25) is 4.79 Å². The Labute approximate surface area is 130 Å². The minimum Gasteiger partial charge on any atom is -0.497 e. The number of hydrogen-bond acceptors (Lipinski definition) is 5. The second-order valence-electron chi connectivity index (χ2n) is 5.15. The number of hydrogen-bond donors (Lipinski definition) is 0. The van der Waals surface area contributed by atoms with E-state index in [1.807, 2.05) is 24.3 Å². The predicted molar refractivity (Wildman–Crippen MR) is 85.7 cm³/mol. The van der Waals surface area contributed by atoms with E-state index in [-0.39, 0.29) is 5.43 Å². The summed E-state index contributed by atoms with van der Waals surface area (Å²) >= 11 is 0. The van der Waals surface area contributed by atoms with Crippen LogP contribution < -0.4 is 10.2 Å². The molecule has 6 heteroatoms. The summed E-state index contributed by atoms with van der Waals surface area (Å²) in [7, 11) is 1.63. The van der Waals surface area contributed by atoms with Crippen LogP contribution in [0.2, 0.25) is 0 Å². The molecular weight excluding hydrogens is 294 g/mol. The summed E-state index contributed by atoms with van der Waals surface area (Å²) in [6, 6.07) is 11.1. The van der Waals surface area contributed by atoms with Crippen molar-refractivity contribution in [3.05, 3.63) is 64.6 Å². The molecular formula is C17H13N3O3. The average molecular weight is 307 g/mol. The first-order valence-electron chi connectivity index (χ1n) is 7.12. The summed E-state index contributed by atoms with van der Waals surface area (Å²) in [6.07, 6.45) is 3.10. The van der Waals surface area contributed by atoms with E-state index in [1.54, 1.807) is 30.1 Å². The van der Waals surface area contributed by atoms with Crippen molar-refractivity contribution in [1.82, 2.24) is 14.8 Å². The number of ether oxygens (including phenoxy) is 1. The molecule has 0 saturated heterocycles. The second kappa shape index (κ2) is 5.24. The van der Waals surface area contributed by atoms with Crippen LogP contribution in [0.15, 0.2) is 58.0 Å². The molecule has 4 rings (SSSR count). The van der Waals surface area contributed by atoms with Gasteiger partial charge in [0.15, 0.2) is 11.1 Å². The highest BCUT2D eigenvalue weighted by Gasteiger charge is 2.13. The number of benzene rings is 1. The van der Waals surface area contributed by atoms with Crippen molar-refractivity contribution in [3.8, 4) is 5.75 Å². The SMILES string of the molecule is COc1ccc(Cn2ncc3c(=O)c4ncccc4oc32)cc1. The molecule has 3 aromatic heterocycles. The van der Waals surface area contributed by atoms with Gasteiger partial charge in [-0.1, -0.05) is 12.1 Å².